The van der Waals surface area contributed by atoms with Gasteiger partial charge < -0.3 is 24.7 Å². The summed E-state index contributed by atoms with van der Waals surface area (Å²) in [5, 5.41) is 7.15. The molecule has 0 saturated carbocycles. The molecular weight excluding hydrogens is 453 g/mol. The topological polar surface area (TPSA) is 99.0 Å². The first kappa shape index (κ1) is 21.7. The lowest BCUT2D eigenvalue weighted by Gasteiger charge is -2.13. The molecule has 0 amide bonds. The predicted octanol–water partition coefficient (Wildman–Crippen LogP) is 5.18. The summed E-state index contributed by atoms with van der Waals surface area (Å²) in [5.74, 6) is 1.18. The van der Waals surface area contributed by atoms with Crippen molar-refractivity contribution < 1.29 is 9.47 Å². The van der Waals surface area contributed by atoms with E-state index in [2.05, 4.69) is 30.6 Å². The van der Waals surface area contributed by atoms with Gasteiger partial charge in [-0.15, -0.1) is 0 Å². The number of ether oxygens (including phenoxy) is 2. The van der Waals surface area contributed by atoms with Crippen LogP contribution < -0.4 is 20.1 Å². The fraction of sp³-hybridized carbons (Fsp3) is 0.143. The third kappa shape index (κ3) is 4.84. The van der Waals surface area contributed by atoms with Crippen molar-refractivity contribution >= 4 is 46.5 Å². The van der Waals surface area contributed by atoms with E-state index < -0.39 is 0 Å². The van der Waals surface area contributed by atoms with Gasteiger partial charge in [0.25, 0.3) is 0 Å². The van der Waals surface area contributed by atoms with E-state index in [1.165, 1.54) is 7.11 Å². The van der Waals surface area contributed by atoms with E-state index in [-0.39, 0.29) is 17.9 Å². The molecule has 0 radical (unpaired) electrons. The van der Waals surface area contributed by atoms with Crippen LogP contribution in [0.4, 0.5) is 23.3 Å². The number of anilines is 4. The number of halogens is 2. The predicted molar refractivity (Wildman–Crippen MR) is 124 cm³/mol. The number of aryl methyl sites for hydroxylation is 1. The minimum Gasteiger partial charge on any atom is -0.494 e. The van der Waals surface area contributed by atoms with Crippen molar-refractivity contribution in [3.8, 4) is 17.4 Å². The van der Waals surface area contributed by atoms with E-state index >= 15 is 0 Å². The highest BCUT2D eigenvalue weighted by atomic mass is 35.5. The molecule has 0 saturated heterocycles. The maximum Gasteiger partial charge on any atom is 0.322 e. The van der Waals surface area contributed by atoms with Crippen LogP contribution in [0.3, 0.4) is 0 Å². The highest BCUT2D eigenvalue weighted by Crippen LogP contribution is 2.30. The third-order valence-electron chi connectivity index (χ3n) is 4.40. The lowest BCUT2D eigenvalue weighted by atomic mass is 10.2. The summed E-state index contributed by atoms with van der Waals surface area (Å²) in [6, 6.07) is 10.8. The molecule has 9 nitrogen and oxygen atoms in total. The van der Waals surface area contributed by atoms with Crippen molar-refractivity contribution in [1.82, 2.24) is 24.5 Å². The van der Waals surface area contributed by atoms with Crippen LogP contribution in [-0.4, -0.2) is 38.7 Å². The molecule has 2 N–H and O–H groups in total. The Labute approximate surface area is 194 Å². The second-order valence-corrected chi connectivity index (χ2v) is 7.50. The Bertz CT molecular complexity index is 1260. The zero-order valence-electron chi connectivity index (χ0n) is 17.4. The van der Waals surface area contributed by atoms with Gasteiger partial charge in [0.15, 0.2) is 0 Å². The Morgan fingerprint density at radius 2 is 1.69 bits per heavy atom. The lowest BCUT2D eigenvalue weighted by molar-refractivity contribution is 0.380. The molecule has 0 spiro atoms. The molecule has 0 aliphatic rings. The average Bonchev–Trinajstić information content (AvgIpc) is 3.21. The van der Waals surface area contributed by atoms with Crippen molar-refractivity contribution in [3.05, 3.63) is 64.7 Å². The van der Waals surface area contributed by atoms with Gasteiger partial charge in [-0.2, -0.15) is 15.0 Å². The van der Waals surface area contributed by atoms with Gasteiger partial charge in [-0.1, -0.05) is 23.2 Å². The van der Waals surface area contributed by atoms with Crippen LogP contribution in [0, 0.1) is 6.92 Å². The molecule has 0 unspecified atom stereocenters. The summed E-state index contributed by atoms with van der Waals surface area (Å²) >= 11 is 12.2. The minimum atomic E-state index is 0.132. The van der Waals surface area contributed by atoms with Crippen molar-refractivity contribution in [3.63, 3.8) is 0 Å². The van der Waals surface area contributed by atoms with Gasteiger partial charge in [0.2, 0.25) is 11.9 Å². The van der Waals surface area contributed by atoms with Gasteiger partial charge in [0.05, 0.1) is 42.6 Å². The Morgan fingerprint density at radius 1 is 0.906 bits per heavy atom. The first-order valence-corrected chi connectivity index (χ1v) is 10.2. The normalized spacial score (nSPS) is 10.7. The number of nitrogens with zero attached hydrogens (tertiary/aromatic N) is 5. The van der Waals surface area contributed by atoms with E-state index in [0.717, 1.165) is 11.4 Å². The minimum absolute atomic E-state index is 0.132. The first-order valence-electron chi connectivity index (χ1n) is 9.43. The van der Waals surface area contributed by atoms with E-state index in [9.17, 15) is 0 Å². The molecule has 0 atom stereocenters. The number of methoxy groups -OCH3 is 2. The number of hydrogen-bond acceptors (Lipinski definition) is 8. The molecule has 11 heteroatoms. The van der Waals surface area contributed by atoms with Gasteiger partial charge in [0, 0.05) is 23.0 Å². The number of rotatable bonds is 7. The standard InChI is InChI=1S/C21H19Cl2N7O2/c1-12-10-30(11-24-12)17-7-5-14(9-18(17)31-2)25-19-27-20(29-21(28-19)32-3)26-16-6-4-13(22)8-15(16)23/h4-11H,1-3H3,(H2,25,26,27,28,29). The van der Waals surface area contributed by atoms with E-state index in [1.54, 1.807) is 31.6 Å². The molecule has 164 valence electrons. The molecule has 2 aromatic carbocycles. The molecule has 0 bridgehead atoms. The second-order valence-electron chi connectivity index (χ2n) is 6.65. The molecule has 4 rings (SSSR count). The van der Waals surface area contributed by atoms with Crippen LogP contribution >= 0.6 is 23.2 Å². The van der Waals surface area contributed by atoms with Crippen LogP contribution in [0.5, 0.6) is 11.8 Å². The van der Waals surface area contributed by atoms with Crippen molar-refractivity contribution in [2.24, 2.45) is 0 Å². The van der Waals surface area contributed by atoms with Gasteiger partial charge in [0.1, 0.15) is 5.75 Å². The summed E-state index contributed by atoms with van der Waals surface area (Å²) < 4.78 is 12.7. The Morgan fingerprint density at radius 3 is 2.34 bits per heavy atom. The largest absolute Gasteiger partial charge is 0.494 e. The summed E-state index contributed by atoms with van der Waals surface area (Å²) in [4.78, 5) is 17.1. The summed E-state index contributed by atoms with van der Waals surface area (Å²) in [6.07, 6.45) is 3.65. The Kier molecular flexibility index (Phi) is 6.29. The Hall–Kier alpha value is -3.56. The van der Waals surface area contributed by atoms with Crippen LogP contribution in [0.25, 0.3) is 5.69 Å². The average molecular weight is 472 g/mol. The molecule has 4 aromatic rings. The summed E-state index contributed by atoms with van der Waals surface area (Å²) in [7, 11) is 3.08. The molecular formula is C21H19Cl2N7O2. The van der Waals surface area contributed by atoms with E-state index in [1.807, 2.05) is 35.9 Å². The SMILES string of the molecule is COc1nc(Nc2ccc(-n3cnc(C)c3)c(OC)c2)nc(Nc2ccc(Cl)cc2Cl)n1. The van der Waals surface area contributed by atoms with Crippen molar-refractivity contribution in [2.45, 2.75) is 6.92 Å². The summed E-state index contributed by atoms with van der Waals surface area (Å²) in [5.41, 5.74) is 3.07. The maximum atomic E-state index is 6.24. The molecule has 0 aliphatic carbocycles. The highest BCUT2D eigenvalue weighted by Gasteiger charge is 2.12. The maximum absolute atomic E-state index is 6.24. The number of benzene rings is 2. The smallest absolute Gasteiger partial charge is 0.322 e. The van der Waals surface area contributed by atoms with Gasteiger partial charge in [-0.3, -0.25) is 0 Å². The van der Waals surface area contributed by atoms with Crippen molar-refractivity contribution in [1.29, 1.82) is 0 Å². The molecule has 32 heavy (non-hydrogen) atoms. The number of hydrogen-bond donors (Lipinski definition) is 2. The fourth-order valence-corrected chi connectivity index (χ4v) is 3.38. The number of aromatic nitrogens is 5. The number of nitrogens with one attached hydrogen (secondary N) is 2. The zero-order chi connectivity index (χ0) is 22.7. The second kappa shape index (κ2) is 9.29. The molecule has 0 aliphatic heterocycles. The summed E-state index contributed by atoms with van der Waals surface area (Å²) in [6.45, 7) is 1.93. The van der Waals surface area contributed by atoms with Gasteiger partial charge >= 0.3 is 6.01 Å². The fourth-order valence-electron chi connectivity index (χ4n) is 2.92. The van der Waals surface area contributed by atoms with Crippen LogP contribution in [0.1, 0.15) is 5.69 Å². The number of imidazole rings is 1. The van der Waals surface area contributed by atoms with Crippen LogP contribution in [0.15, 0.2) is 48.9 Å². The lowest BCUT2D eigenvalue weighted by Crippen LogP contribution is -2.06. The third-order valence-corrected chi connectivity index (χ3v) is 4.95. The van der Waals surface area contributed by atoms with Gasteiger partial charge in [-0.25, -0.2) is 4.98 Å². The zero-order valence-corrected chi connectivity index (χ0v) is 18.9. The van der Waals surface area contributed by atoms with Crippen LogP contribution in [-0.2, 0) is 0 Å². The quantitative estimate of drug-likeness (QED) is 0.380. The van der Waals surface area contributed by atoms with Gasteiger partial charge in [-0.05, 0) is 37.3 Å². The van der Waals surface area contributed by atoms with Crippen LogP contribution in [0.2, 0.25) is 10.0 Å². The Balaban J connectivity index is 1.61. The van der Waals surface area contributed by atoms with E-state index in [0.29, 0.717) is 27.2 Å². The molecule has 2 heterocycles. The molecule has 0 fully saturated rings. The monoisotopic (exact) mass is 471 g/mol. The highest BCUT2D eigenvalue weighted by molar-refractivity contribution is 6.36. The molecule has 2 aromatic heterocycles. The first-order chi connectivity index (χ1) is 15.4. The van der Waals surface area contributed by atoms with Crippen molar-refractivity contribution in [2.75, 3.05) is 24.9 Å². The van der Waals surface area contributed by atoms with E-state index in [4.69, 9.17) is 32.7 Å².